The summed E-state index contributed by atoms with van der Waals surface area (Å²) in [6.07, 6.45) is 2.85. The number of carbonyl (C=O) groups is 1. The lowest BCUT2D eigenvalue weighted by Gasteiger charge is -2.12. The highest BCUT2D eigenvalue weighted by Crippen LogP contribution is 2.36. The van der Waals surface area contributed by atoms with E-state index in [1.54, 1.807) is 6.08 Å². The molecule has 2 nitrogen and oxygen atoms in total. The Labute approximate surface area is 121 Å². The average molecular weight is 272 g/mol. The van der Waals surface area contributed by atoms with Crippen LogP contribution in [0.2, 0.25) is 0 Å². The molecule has 0 spiro atoms. The molecular weight excluding hydrogens is 260 g/mol. The van der Waals surface area contributed by atoms with Crippen molar-refractivity contribution < 1.29 is 9.90 Å². The minimum Gasteiger partial charge on any atom is -0.478 e. The van der Waals surface area contributed by atoms with Crippen LogP contribution in [0.5, 0.6) is 0 Å². The molecule has 4 aromatic carbocycles. The topological polar surface area (TPSA) is 37.3 Å². The molecule has 0 aromatic heterocycles. The molecule has 0 saturated carbocycles. The number of hydrogen-bond donors (Lipinski definition) is 1. The second kappa shape index (κ2) is 4.32. The van der Waals surface area contributed by atoms with Crippen molar-refractivity contribution in [1.82, 2.24) is 0 Å². The summed E-state index contributed by atoms with van der Waals surface area (Å²) in [5.41, 5.74) is 0.933. The fraction of sp³-hybridized carbons (Fsp3) is 0. The van der Waals surface area contributed by atoms with E-state index in [1.165, 1.54) is 33.0 Å². The summed E-state index contributed by atoms with van der Waals surface area (Å²) in [7, 11) is 0. The lowest BCUT2D eigenvalue weighted by Crippen LogP contribution is -1.88. The van der Waals surface area contributed by atoms with E-state index in [-0.39, 0.29) is 0 Å². The summed E-state index contributed by atoms with van der Waals surface area (Å²) < 4.78 is 0. The van der Waals surface area contributed by atoms with Gasteiger partial charge in [-0.3, -0.25) is 0 Å². The Morgan fingerprint density at radius 2 is 1.43 bits per heavy atom. The number of hydrogen-bond acceptors (Lipinski definition) is 1. The number of rotatable bonds is 2. The van der Waals surface area contributed by atoms with Gasteiger partial charge in [0, 0.05) is 6.08 Å². The van der Waals surface area contributed by atoms with Crippen LogP contribution in [0.3, 0.4) is 0 Å². The van der Waals surface area contributed by atoms with Crippen molar-refractivity contribution in [2.24, 2.45) is 0 Å². The number of carboxylic acid groups (broad SMARTS) is 1. The molecule has 0 saturated heterocycles. The highest BCUT2D eigenvalue weighted by molar-refractivity contribution is 6.24. The van der Waals surface area contributed by atoms with Crippen LogP contribution < -0.4 is 0 Å². The smallest absolute Gasteiger partial charge is 0.328 e. The van der Waals surface area contributed by atoms with Crippen LogP contribution in [0, 0.1) is 0 Å². The number of benzene rings is 4. The Morgan fingerprint density at radius 1 is 0.810 bits per heavy atom. The van der Waals surface area contributed by atoms with Gasteiger partial charge in [-0.1, -0.05) is 54.6 Å². The van der Waals surface area contributed by atoms with E-state index >= 15 is 0 Å². The standard InChI is InChI=1S/C19H12O2/c20-17(21)11-9-12-4-5-15-7-6-13-2-1-3-14-8-10-16(12)19(15)18(13)14/h1-11H,(H,20,21)/b11-9+. The fourth-order valence-corrected chi connectivity index (χ4v) is 3.06. The molecule has 0 unspecified atom stereocenters. The van der Waals surface area contributed by atoms with Crippen molar-refractivity contribution in [3.63, 3.8) is 0 Å². The Balaban J connectivity index is 2.18. The molecule has 0 atom stereocenters. The first-order valence-corrected chi connectivity index (χ1v) is 6.81. The van der Waals surface area contributed by atoms with Crippen LogP contribution in [0.15, 0.2) is 60.7 Å². The van der Waals surface area contributed by atoms with Crippen molar-refractivity contribution in [2.45, 2.75) is 0 Å². The van der Waals surface area contributed by atoms with E-state index in [2.05, 4.69) is 48.5 Å². The third-order valence-electron chi connectivity index (χ3n) is 3.97. The number of aliphatic carboxylic acids is 1. The largest absolute Gasteiger partial charge is 0.478 e. The van der Waals surface area contributed by atoms with E-state index in [0.717, 1.165) is 10.9 Å². The zero-order chi connectivity index (χ0) is 14.4. The van der Waals surface area contributed by atoms with Gasteiger partial charge in [0.15, 0.2) is 0 Å². The predicted molar refractivity (Wildman–Crippen MR) is 86.8 cm³/mol. The van der Waals surface area contributed by atoms with Gasteiger partial charge in [0.1, 0.15) is 0 Å². The van der Waals surface area contributed by atoms with Crippen molar-refractivity contribution in [2.75, 3.05) is 0 Å². The van der Waals surface area contributed by atoms with E-state index < -0.39 is 5.97 Å². The van der Waals surface area contributed by atoms with Crippen LogP contribution >= 0.6 is 0 Å². The Kier molecular flexibility index (Phi) is 2.45. The quantitative estimate of drug-likeness (QED) is 0.425. The molecule has 0 fully saturated rings. The molecule has 2 heteroatoms. The van der Waals surface area contributed by atoms with Crippen molar-refractivity contribution in [3.8, 4) is 0 Å². The average Bonchev–Trinajstić information content (AvgIpc) is 2.51. The first-order valence-electron chi connectivity index (χ1n) is 6.81. The summed E-state index contributed by atoms with van der Waals surface area (Å²) in [5.74, 6) is -0.930. The van der Waals surface area contributed by atoms with Crippen LogP contribution in [-0.2, 0) is 4.79 Å². The van der Waals surface area contributed by atoms with Gasteiger partial charge in [0.2, 0.25) is 0 Å². The van der Waals surface area contributed by atoms with Gasteiger partial charge in [-0.2, -0.15) is 0 Å². The Hall–Kier alpha value is -2.87. The minimum atomic E-state index is -0.930. The molecule has 1 N–H and O–H groups in total. The molecule has 0 heterocycles. The van der Waals surface area contributed by atoms with E-state index in [9.17, 15) is 4.79 Å². The van der Waals surface area contributed by atoms with Gasteiger partial charge >= 0.3 is 5.97 Å². The molecule has 0 radical (unpaired) electrons. The molecule has 0 aliphatic heterocycles. The second-order valence-electron chi connectivity index (χ2n) is 5.18. The van der Waals surface area contributed by atoms with Gasteiger partial charge in [0.05, 0.1) is 0 Å². The molecular formula is C19H12O2. The summed E-state index contributed by atoms with van der Waals surface area (Å²) >= 11 is 0. The molecule has 21 heavy (non-hydrogen) atoms. The van der Waals surface area contributed by atoms with Crippen molar-refractivity contribution in [1.29, 1.82) is 0 Å². The Bertz CT molecular complexity index is 996. The molecule has 4 rings (SSSR count). The first-order chi connectivity index (χ1) is 10.2. The van der Waals surface area contributed by atoms with Crippen LogP contribution in [0.25, 0.3) is 38.4 Å². The van der Waals surface area contributed by atoms with Crippen LogP contribution in [0.4, 0.5) is 0 Å². The van der Waals surface area contributed by atoms with E-state index in [4.69, 9.17) is 5.11 Å². The third kappa shape index (κ3) is 1.77. The highest BCUT2D eigenvalue weighted by Gasteiger charge is 2.09. The zero-order valence-corrected chi connectivity index (χ0v) is 11.2. The first kappa shape index (κ1) is 11.9. The third-order valence-corrected chi connectivity index (χ3v) is 3.97. The number of carboxylic acids is 1. The Morgan fingerprint density at radius 3 is 2.14 bits per heavy atom. The predicted octanol–water partition coefficient (Wildman–Crippen LogP) is 4.68. The van der Waals surface area contributed by atoms with Gasteiger partial charge < -0.3 is 5.11 Å². The summed E-state index contributed by atoms with van der Waals surface area (Å²) in [6, 6.07) is 18.7. The molecule has 4 aromatic rings. The monoisotopic (exact) mass is 272 g/mol. The maximum Gasteiger partial charge on any atom is 0.328 e. The molecule has 0 amide bonds. The van der Waals surface area contributed by atoms with Crippen LogP contribution in [0.1, 0.15) is 5.56 Å². The highest BCUT2D eigenvalue weighted by atomic mass is 16.4. The molecule has 0 aliphatic carbocycles. The van der Waals surface area contributed by atoms with Gasteiger partial charge in [-0.05, 0) is 44.0 Å². The van der Waals surface area contributed by atoms with E-state index in [1.807, 2.05) is 6.07 Å². The van der Waals surface area contributed by atoms with Crippen LogP contribution in [-0.4, -0.2) is 11.1 Å². The molecule has 0 bridgehead atoms. The lowest BCUT2D eigenvalue weighted by atomic mass is 9.92. The normalized spacial score (nSPS) is 12.0. The van der Waals surface area contributed by atoms with Crippen molar-refractivity contribution >= 4 is 44.4 Å². The zero-order valence-electron chi connectivity index (χ0n) is 11.2. The lowest BCUT2D eigenvalue weighted by molar-refractivity contribution is -0.131. The molecule has 0 aliphatic rings. The van der Waals surface area contributed by atoms with Gasteiger partial charge in [0.25, 0.3) is 0 Å². The minimum absolute atomic E-state index is 0.930. The second-order valence-corrected chi connectivity index (χ2v) is 5.18. The maximum absolute atomic E-state index is 10.8. The van der Waals surface area contributed by atoms with E-state index in [0.29, 0.717) is 0 Å². The van der Waals surface area contributed by atoms with Gasteiger partial charge in [-0.15, -0.1) is 0 Å². The summed E-state index contributed by atoms with van der Waals surface area (Å²) in [5, 5.41) is 16.0. The van der Waals surface area contributed by atoms with Gasteiger partial charge in [-0.25, -0.2) is 4.79 Å². The molecule has 100 valence electrons. The summed E-state index contributed by atoms with van der Waals surface area (Å²) in [6.45, 7) is 0. The maximum atomic E-state index is 10.8. The SMILES string of the molecule is O=C(O)/C=C/c1ccc2ccc3cccc4ccc1c2c34. The summed E-state index contributed by atoms with van der Waals surface area (Å²) in [4.78, 5) is 10.8. The van der Waals surface area contributed by atoms with Crippen molar-refractivity contribution in [3.05, 3.63) is 66.2 Å². The fourth-order valence-electron chi connectivity index (χ4n) is 3.06.